The largest absolute Gasteiger partial charge is 0.268 e. The summed E-state index contributed by atoms with van der Waals surface area (Å²) in [4.78, 5) is 55.6. The summed E-state index contributed by atoms with van der Waals surface area (Å²) < 4.78 is 2.62. The van der Waals surface area contributed by atoms with Crippen molar-refractivity contribution in [1.29, 1.82) is 0 Å². The summed E-state index contributed by atoms with van der Waals surface area (Å²) in [6, 6.07) is 31.6. The van der Waals surface area contributed by atoms with Crippen LogP contribution in [0.4, 0.5) is 0 Å². The summed E-state index contributed by atoms with van der Waals surface area (Å²) in [5.41, 5.74) is 7.07. The molecule has 0 spiro atoms. The number of aromatic nitrogens is 2. The maximum atomic E-state index is 13.9. The molecule has 6 nitrogen and oxygen atoms in total. The highest BCUT2D eigenvalue weighted by atomic mass is 16.2. The van der Waals surface area contributed by atoms with Crippen molar-refractivity contribution in [3.63, 3.8) is 0 Å². The zero-order valence-electron chi connectivity index (χ0n) is 32.2. The van der Waals surface area contributed by atoms with E-state index in [1.807, 2.05) is 90.1 Å². The van der Waals surface area contributed by atoms with Gasteiger partial charge in [0.05, 0.1) is 32.9 Å². The molecule has 2 aromatic heterocycles. The minimum Gasteiger partial charge on any atom is -0.268 e. The van der Waals surface area contributed by atoms with Crippen molar-refractivity contribution in [2.75, 3.05) is 0 Å². The number of fused-ring (bicyclic) bond motifs is 6. The zero-order valence-corrected chi connectivity index (χ0v) is 32.2. The second-order valence-electron chi connectivity index (χ2n) is 15.5. The van der Waals surface area contributed by atoms with E-state index in [-0.39, 0.29) is 22.2 Å². The van der Waals surface area contributed by atoms with Crippen molar-refractivity contribution in [1.82, 2.24) is 9.13 Å². The summed E-state index contributed by atoms with van der Waals surface area (Å²) in [6.45, 7) is 19.7. The van der Waals surface area contributed by atoms with Gasteiger partial charge in [0.15, 0.2) is 0 Å². The van der Waals surface area contributed by atoms with Crippen molar-refractivity contribution >= 4 is 75.8 Å². The Morgan fingerprint density at radius 3 is 0.821 bits per heavy atom. The molecule has 2 heterocycles. The molecule has 0 amide bonds. The van der Waals surface area contributed by atoms with Crippen LogP contribution in [0.25, 0.3) is 87.2 Å². The van der Waals surface area contributed by atoms with E-state index in [1.165, 1.54) is 9.13 Å². The number of rotatable bonds is 4. The molecule has 0 saturated carbocycles. The van der Waals surface area contributed by atoms with Crippen LogP contribution in [-0.4, -0.2) is 9.13 Å². The van der Waals surface area contributed by atoms with E-state index in [1.54, 1.807) is 0 Å². The average molecular weight is 731 g/mol. The third-order valence-corrected chi connectivity index (χ3v) is 11.4. The molecular formula is C50H38N2O4. The minimum atomic E-state index is -0.329. The number of benzene rings is 6. The quantitative estimate of drug-likeness (QED) is 0.181. The molecule has 0 unspecified atom stereocenters. The first-order valence-corrected chi connectivity index (χ1v) is 18.6. The number of allylic oxidation sites excluding steroid dienone is 2. The molecule has 0 atom stereocenters. The number of hydrogen-bond acceptors (Lipinski definition) is 4. The van der Waals surface area contributed by atoms with Gasteiger partial charge in [-0.2, -0.15) is 0 Å². The van der Waals surface area contributed by atoms with Crippen LogP contribution in [0.2, 0.25) is 0 Å². The molecule has 9 rings (SSSR count). The van der Waals surface area contributed by atoms with Gasteiger partial charge in [-0.1, -0.05) is 48.6 Å². The molecule has 0 saturated heterocycles. The summed E-state index contributed by atoms with van der Waals surface area (Å²) in [5.74, 6) is 0. The first kappa shape index (κ1) is 34.8. The third kappa shape index (κ3) is 5.17. The SMILES string of the molecule is C=C(C)c1cc(C)c(-n2c(=O)c3cc4cc5ccc6cc7cc8c(=O)n(-c9c(C)cc(C(=C)C)cc9C)c(=O)c8cc7cc6ccc5cc4cc3c2=O)c(C)c1. The third-order valence-electron chi connectivity index (χ3n) is 11.4. The molecule has 272 valence electrons. The Kier molecular flexibility index (Phi) is 7.65. The molecule has 6 heteroatoms. The molecule has 9 aromatic rings. The molecule has 0 aliphatic rings. The van der Waals surface area contributed by atoms with Crippen molar-refractivity contribution in [3.8, 4) is 11.4 Å². The van der Waals surface area contributed by atoms with E-state index < -0.39 is 0 Å². The van der Waals surface area contributed by atoms with Crippen LogP contribution < -0.4 is 22.2 Å². The van der Waals surface area contributed by atoms with Crippen molar-refractivity contribution in [2.45, 2.75) is 41.5 Å². The maximum Gasteiger partial charge on any atom is 0.266 e. The highest BCUT2D eigenvalue weighted by Crippen LogP contribution is 2.31. The second-order valence-corrected chi connectivity index (χ2v) is 15.5. The van der Waals surface area contributed by atoms with Crippen LogP contribution >= 0.6 is 0 Å². The van der Waals surface area contributed by atoms with Gasteiger partial charge in [0, 0.05) is 0 Å². The lowest BCUT2D eigenvalue weighted by atomic mass is 9.99. The number of hydrogen-bond donors (Lipinski definition) is 0. The maximum absolute atomic E-state index is 13.9. The fourth-order valence-electron chi connectivity index (χ4n) is 8.60. The van der Waals surface area contributed by atoms with Gasteiger partial charge in [0.2, 0.25) is 0 Å². The van der Waals surface area contributed by atoms with Gasteiger partial charge >= 0.3 is 0 Å². The first-order chi connectivity index (χ1) is 26.7. The van der Waals surface area contributed by atoms with Gasteiger partial charge in [-0.25, -0.2) is 9.13 Å². The fourth-order valence-corrected chi connectivity index (χ4v) is 8.60. The van der Waals surface area contributed by atoms with E-state index in [9.17, 15) is 19.2 Å². The number of aryl methyl sites for hydroxylation is 4. The topological polar surface area (TPSA) is 78.1 Å². The average Bonchev–Trinajstić information content (AvgIpc) is 3.52. The van der Waals surface area contributed by atoms with E-state index in [4.69, 9.17) is 0 Å². The second kappa shape index (κ2) is 12.3. The summed E-state index contributed by atoms with van der Waals surface area (Å²) in [5, 5.41) is 8.84. The molecule has 0 fully saturated rings. The molecule has 0 aliphatic heterocycles. The monoisotopic (exact) mass is 730 g/mol. The van der Waals surface area contributed by atoms with Crippen LogP contribution in [0.3, 0.4) is 0 Å². The molecule has 0 bridgehead atoms. The Labute approximate surface area is 321 Å². The van der Waals surface area contributed by atoms with Crippen LogP contribution in [0.5, 0.6) is 0 Å². The molecule has 0 N–H and O–H groups in total. The minimum absolute atomic E-state index is 0.329. The Morgan fingerprint density at radius 1 is 0.375 bits per heavy atom. The Balaban J connectivity index is 1.19. The predicted molar refractivity (Wildman–Crippen MR) is 235 cm³/mol. The van der Waals surface area contributed by atoms with Gasteiger partial charge in [-0.3, -0.25) is 19.2 Å². The van der Waals surface area contributed by atoms with E-state index in [2.05, 4.69) is 61.7 Å². The van der Waals surface area contributed by atoms with Gasteiger partial charge in [-0.15, -0.1) is 0 Å². The van der Waals surface area contributed by atoms with Crippen molar-refractivity contribution in [3.05, 3.63) is 185 Å². The van der Waals surface area contributed by atoms with Crippen molar-refractivity contribution in [2.24, 2.45) is 0 Å². The standard InChI is InChI=1S/C50H38N2O4/c1-25(2)35-13-27(5)45(28(6)14-35)51-47(53)41-21-37-17-31-9-11-33-19-39-23-43-44(50(56)52(49(43)55)46-29(7)15-36(26(3)4)16-30(46)8)24-40(39)20-34(33)12-10-32(31)18-38(37)22-42(41)48(51)54/h9-24H,1,3H2,2,4-8H3. The Bertz CT molecular complexity index is 3110. The van der Waals surface area contributed by atoms with Crippen LogP contribution in [-0.2, 0) is 0 Å². The van der Waals surface area contributed by atoms with Gasteiger partial charge < -0.3 is 0 Å². The summed E-state index contributed by atoms with van der Waals surface area (Å²) >= 11 is 0. The smallest absolute Gasteiger partial charge is 0.266 e. The molecular weight excluding hydrogens is 693 g/mol. The predicted octanol–water partition coefficient (Wildman–Crippen LogP) is 10.4. The number of nitrogens with zero attached hydrogens (tertiary/aromatic N) is 2. The van der Waals surface area contributed by atoms with E-state index >= 15 is 0 Å². The summed E-state index contributed by atoms with van der Waals surface area (Å²) in [6.07, 6.45) is 0. The van der Waals surface area contributed by atoms with E-state index in [0.29, 0.717) is 32.9 Å². The Morgan fingerprint density at radius 2 is 0.607 bits per heavy atom. The lowest BCUT2D eigenvalue weighted by Gasteiger charge is -2.12. The molecule has 0 aliphatic carbocycles. The van der Waals surface area contributed by atoms with Crippen LogP contribution in [0.1, 0.15) is 47.2 Å². The molecule has 0 radical (unpaired) electrons. The van der Waals surface area contributed by atoms with Gasteiger partial charge in [0.25, 0.3) is 22.2 Å². The first-order valence-electron chi connectivity index (χ1n) is 18.6. The summed E-state index contributed by atoms with van der Waals surface area (Å²) in [7, 11) is 0. The van der Waals surface area contributed by atoms with Crippen molar-refractivity contribution < 1.29 is 0 Å². The van der Waals surface area contributed by atoms with Crippen LogP contribution in [0, 0.1) is 27.7 Å². The Hall–Kier alpha value is -6.92. The zero-order chi connectivity index (χ0) is 39.5. The lowest BCUT2D eigenvalue weighted by molar-refractivity contribution is 0.964. The molecule has 56 heavy (non-hydrogen) atoms. The molecule has 7 aromatic carbocycles. The normalized spacial score (nSPS) is 11.8. The highest BCUT2D eigenvalue weighted by Gasteiger charge is 2.21. The van der Waals surface area contributed by atoms with Gasteiger partial charge in [0.1, 0.15) is 0 Å². The van der Waals surface area contributed by atoms with E-state index in [0.717, 1.165) is 87.6 Å². The highest BCUT2D eigenvalue weighted by molar-refractivity contribution is 6.07. The van der Waals surface area contributed by atoms with Gasteiger partial charge in [-0.05, 0) is 191 Å². The lowest BCUT2D eigenvalue weighted by Crippen LogP contribution is -2.25. The fraction of sp³-hybridized carbons (Fsp3) is 0.120. The van der Waals surface area contributed by atoms with Crippen LogP contribution in [0.15, 0.2) is 129 Å².